The summed E-state index contributed by atoms with van der Waals surface area (Å²) in [5.41, 5.74) is 0. The van der Waals surface area contributed by atoms with Gasteiger partial charge in [-0.15, -0.1) is 11.3 Å². The summed E-state index contributed by atoms with van der Waals surface area (Å²) >= 11 is 7.38. The van der Waals surface area contributed by atoms with E-state index in [4.69, 9.17) is 0 Å². The van der Waals surface area contributed by atoms with Crippen LogP contribution in [0.15, 0.2) is 15.9 Å². The Labute approximate surface area is 95.4 Å². The Morgan fingerprint density at radius 1 is 1.62 bits per heavy atom. The van der Waals surface area contributed by atoms with Gasteiger partial charge in [-0.25, -0.2) is 0 Å². The van der Waals surface area contributed by atoms with E-state index >= 15 is 0 Å². The second-order valence-corrected chi connectivity index (χ2v) is 6.60. The third-order valence-corrected chi connectivity index (χ3v) is 5.20. The van der Waals surface area contributed by atoms with Crippen LogP contribution in [0.25, 0.3) is 0 Å². The van der Waals surface area contributed by atoms with Crippen LogP contribution in [0, 0.1) is 0 Å². The molecular formula is C9H12BrNS2. The monoisotopic (exact) mass is 277 g/mol. The minimum Gasteiger partial charge on any atom is -0.307 e. The van der Waals surface area contributed by atoms with E-state index in [9.17, 15) is 0 Å². The van der Waals surface area contributed by atoms with Crippen LogP contribution in [0.4, 0.5) is 0 Å². The largest absolute Gasteiger partial charge is 0.307 e. The average molecular weight is 278 g/mol. The van der Waals surface area contributed by atoms with Gasteiger partial charge in [0.1, 0.15) is 0 Å². The van der Waals surface area contributed by atoms with Gasteiger partial charge < -0.3 is 5.32 Å². The van der Waals surface area contributed by atoms with Crippen molar-refractivity contribution in [2.75, 3.05) is 12.3 Å². The first kappa shape index (κ1) is 10.0. The first-order chi connectivity index (χ1) is 6.25. The Kier molecular flexibility index (Phi) is 3.35. The topological polar surface area (TPSA) is 12.0 Å². The molecule has 0 radical (unpaired) electrons. The normalized spacial score (nSPS) is 29.1. The number of hydrogen-bond acceptors (Lipinski definition) is 3. The first-order valence-corrected chi connectivity index (χ1v) is 7.07. The van der Waals surface area contributed by atoms with E-state index in [0.29, 0.717) is 6.04 Å². The number of halogens is 1. The van der Waals surface area contributed by atoms with Crippen LogP contribution in [0.5, 0.6) is 0 Å². The van der Waals surface area contributed by atoms with E-state index in [0.717, 1.165) is 11.8 Å². The van der Waals surface area contributed by atoms with Gasteiger partial charge in [0, 0.05) is 32.3 Å². The molecule has 72 valence electrons. The highest BCUT2D eigenvalue weighted by Gasteiger charge is 2.20. The van der Waals surface area contributed by atoms with Gasteiger partial charge in [-0.3, -0.25) is 0 Å². The second-order valence-electron chi connectivity index (χ2n) is 3.27. The number of nitrogens with one attached hydrogen (secondary N) is 1. The van der Waals surface area contributed by atoms with Crippen LogP contribution >= 0.6 is 39.0 Å². The van der Waals surface area contributed by atoms with Gasteiger partial charge in [-0.05, 0) is 22.0 Å². The zero-order valence-corrected chi connectivity index (χ0v) is 10.6. The minimum absolute atomic E-state index is 0.567. The van der Waals surface area contributed by atoms with E-state index in [1.54, 1.807) is 0 Å². The van der Waals surface area contributed by atoms with Gasteiger partial charge in [0.05, 0.1) is 6.04 Å². The summed E-state index contributed by atoms with van der Waals surface area (Å²) in [7, 11) is 0. The van der Waals surface area contributed by atoms with Crippen molar-refractivity contribution >= 4 is 39.0 Å². The highest BCUT2D eigenvalue weighted by molar-refractivity contribution is 9.10. The maximum Gasteiger partial charge on any atom is 0.0507 e. The van der Waals surface area contributed by atoms with Gasteiger partial charge >= 0.3 is 0 Å². The van der Waals surface area contributed by atoms with Crippen molar-refractivity contribution in [3.63, 3.8) is 0 Å². The Hall–Kier alpha value is 0.490. The number of hydrogen-bond donors (Lipinski definition) is 1. The zero-order valence-electron chi connectivity index (χ0n) is 7.42. The molecular weight excluding hydrogens is 266 g/mol. The molecule has 0 aromatic carbocycles. The standard InChI is InChI=1S/C9H12BrNS2/c1-6-3-11-8(5-12-6)9-2-7(10)4-13-9/h2,4,6,8,11H,3,5H2,1H3. The molecule has 2 unspecified atom stereocenters. The van der Waals surface area contributed by atoms with Gasteiger partial charge in [0.2, 0.25) is 0 Å². The Bertz CT molecular complexity index is 279. The van der Waals surface area contributed by atoms with Crippen molar-refractivity contribution in [1.82, 2.24) is 5.32 Å². The maximum atomic E-state index is 3.57. The number of thiophene rings is 1. The molecule has 1 aromatic rings. The summed E-state index contributed by atoms with van der Waals surface area (Å²) in [6.45, 7) is 3.41. The van der Waals surface area contributed by atoms with Crippen LogP contribution in [0.3, 0.4) is 0 Å². The minimum atomic E-state index is 0.567. The van der Waals surface area contributed by atoms with Crippen molar-refractivity contribution < 1.29 is 0 Å². The van der Waals surface area contributed by atoms with E-state index in [2.05, 4.69) is 51.4 Å². The van der Waals surface area contributed by atoms with Crippen LogP contribution in [-0.2, 0) is 0 Å². The van der Waals surface area contributed by atoms with Crippen molar-refractivity contribution in [1.29, 1.82) is 0 Å². The van der Waals surface area contributed by atoms with Crippen molar-refractivity contribution in [2.24, 2.45) is 0 Å². The van der Waals surface area contributed by atoms with Crippen molar-refractivity contribution in [3.8, 4) is 0 Å². The molecule has 2 heterocycles. The fourth-order valence-electron chi connectivity index (χ4n) is 1.38. The first-order valence-electron chi connectivity index (χ1n) is 4.34. The summed E-state index contributed by atoms with van der Waals surface area (Å²) in [5, 5.41) is 6.48. The lowest BCUT2D eigenvalue weighted by molar-refractivity contribution is 0.571. The molecule has 1 N–H and O–H groups in total. The molecule has 1 aromatic heterocycles. The SMILES string of the molecule is CC1CNC(c2cc(Br)cs2)CS1. The van der Waals surface area contributed by atoms with E-state index in [-0.39, 0.29) is 0 Å². The van der Waals surface area contributed by atoms with E-state index in [1.165, 1.54) is 15.1 Å². The van der Waals surface area contributed by atoms with E-state index in [1.807, 2.05) is 11.3 Å². The average Bonchev–Trinajstić information content (AvgIpc) is 2.53. The van der Waals surface area contributed by atoms with Crippen molar-refractivity contribution in [3.05, 3.63) is 20.8 Å². The molecule has 2 rings (SSSR count). The fourth-order valence-corrected chi connectivity index (χ4v) is 4.04. The molecule has 4 heteroatoms. The Morgan fingerprint density at radius 3 is 3.00 bits per heavy atom. The number of thioether (sulfide) groups is 1. The molecule has 1 saturated heterocycles. The maximum absolute atomic E-state index is 3.57. The third-order valence-electron chi connectivity index (χ3n) is 2.13. The third kappa shape index (κ3) is 2.49. The molecule has 0 aliphatic carbocycles. The predicted molar refractivity (Wildman–Crippen MR) is 64.7 cm³/mol. The fraction of sp³-hybridized carbons (Fsp3) is 0.556. The second kappa shape index (κ2) is 4.34. The highest BCUT2D eigenvalue weighted by Crippen LogP contribution is 2.31. The Morgan fingerprint density at radius 2 is 2.46 bits per heavy atom. The molecule has 0 amide bonds. The van der Waals surface area contributed by atoms with Crippen LogP contribution in [0.2, 0.25) is 0 Å². The van der Waals surface area contributed by atoms with Gasteiger partial charge in [-0.2, -0.15) is 11.8 Å². The molecule has 13 heavy (non-hydrogen) atoms. The lowest BCUT2D eigenvalue weighted by Gasteiger charge is -2.26. The molecule has 0 spiro atoms. The van der Waals surface area contributed by atoms with Crippen molar-refractivity contribution in [2.45, 2.75) is 18.2 Å². The highest BCUT2D eigenvalue weighted by atomic mass is 79.9. The van der Waals surface area contributed by atoms with Gasteiger partial charge in [-0.1, -0.05) is 6.92 Å². The van der Waals surface area contributed by atoms with Crippen LogP contribution < -0.4 is 5.32 Å². The quantitative estimate of drug-likeness (QED) is 0.846. The molecule has 1 aliphatic heterocycles. The summed E-state index contributed by atoms with van der Waals surface area (Å²) in [5.74, 6) is 1.20. The lowest BCUT2D eigenvalue weighted by Crippen LogP contribution is -2.34. The van der Waals surface area contributed by atoms with Crippen LogP contribution in [0.1, 0.15) is 17.8 Å². The predicted octanol–water partition coefficient (Wildman–Crippen LogP) is 3.28. The summed E-state index contributed by atoms with van der Waals surface area (Å²) in [6, 6.07) is 2.79. The van der Waals surface area contributed by atoms with Crippen LogP contribution in [-0.4, -0.2) is 17.5 Å². The lowest BCUT2D eigenvalue weighted by atomic mass is 10.2. The molecule has 0 bridgehead atoms. The van der Waals surface area contributed by atoms with Gasteiger partial charge in [0.25, 0.3) is 0 Å². The summed E-state index contributed by atoms with van der Waals surface area (Å²) in [4.78, 5) is 1.45. The summed E-state index contributed by atoms with van der Waals surface area (Å²) < 4.78 is 1.21. The molecule has 1 aliphatic rings. The molecule has 1 nitrogen and oxygen atoms in total. The molecule has 1 fully saturated rings. The summed E-state index contributed by atoms with van der Waals surface area (Å²) in [6.07, 6.45) is 0. The van der Waals surface area contributed by atoms with Gasteiger partial charge in [0.15, 0.2) is 0 Å². The molecule has 2 atom stereocenters. The Balaban J connectivity index is 2.02. The zero-order chi connectivity index (χ0) is 9.26. The number of rotatable bonds is 1. The molecule has 0 saturated carbocycles. The van der Waals surface area contributed by atoms with E-state index < -0.39 is 0 Å². The smallest absolute Gasteiger partial charge is 0.0507 e.